The van der Waals surface area contributed by atoms with E-state index in [1.54, 1.807) is 19.1 Å². The Morgan fingerprint density at radius 1 is 1.25 bits per heavy atom. The predicted molar refractivity (Wildman–Crippen MR) is 78.0 cm³/mol. The first-order chi connectivity index (χ1) is 9.41. The van der Waals surface area contributed by atoms with Crippen LogP contribution >= 0.6 is 11.6 Å². The molecule has 5 heteroatoms. The van der Waals surface area contributed by atoms with Gasteiger partial charge in [-0.1, -0.05) is 41.9 Å². The number of hydrogen-bond donors (Lipinski definition) is 2. The van der Waals surface area contributed by atoms with Crippen molar-refractivity contribution in [3.05, 3.63) is 64.9 Å². The molecule has 2 rings (SSSR count). The van der Waals surface area contributed by atoms with E-state index in [1.165, 1.54) is 18.2 Å². The minimum atomic E-state index is -1.19. The number of halogens is 2. The molecular weight excluding hydrogens is 279 g/mol. The van der Waals surface area contributed by atoms with Gasteiger partial charge in [0.1, 0.15) is 11.4 Å². The zero-order valence-electron chi connectivity index (χ0n) is 10.9. The lowest BCUT2D eigenvalue weighted by Crippen LogP contribution is -2.45. The van der Waals surface area contributed by atoms with E-state index in [9.17, 15) is 9.18 Å². The molecule has 2 aromatic carbocycles. The maximum Gasteiger partial charge on any atom is 0.248 e. The summed E-state index contributed by atoms with van der Waals surface area (Å²) in [6.45, 7) is 1.61. The molecule has 0 aliphatic heterocycles. The molecule has 0 radical (unpaired) electrons. The van der Waals surface area contributed by atoms with Gasteiger partial charge < -0.3 is 11.1 Å². The molecule has 1 atom stereocenters. The molecule has 0 heterocycles. The second-order valence-corrected chi connectivity index (χ2v) is 5.06. The first kappa shape index (κ1) is 14.5. The van der Waals surface area contributed by atoms with E-state index >= 15 is 0 Å². The summed E-state index contributed by atoms with van der Waals surface area (Å²) in [7, 11) is 0. The van der Waals surface area contributed by atoms with Crippen molar-refractivity contribution in [2.75, 3.05) is 5.32 Å². The van der Waals surface area contributed by atoms with Crippen LogP contribution in [0.4, 0.5) is 10.1 Å². The summed E-state index contributed by atoms with van der Waals surface area (Å²) in [5.41, 5.74) is 5.97. The van der Waals surface area contributed by atoms with Gasteiger partial charge in [0.25, 0.3) is 0 Å². The first-order valence-electron chi connectivity index (χ1n) is 6.02. The lowest BCUT2D eigenvalue weighted by molar-refractivity contribution is -0.120. The molecule has 3 nitrogen and oxygen atoms in total. The Morgan fingerprint density at radius 3 is 2.50 bits per heavy atom. The molecule has 0 spiro atoms. The monoisotopic (exact) mass is 292 g/mol. The summed E-state index contributed by atoms with van der Waals surface area (Å²) in [5.74, 6) is -0.936. The number of carbonyl (C=O) groups is 1. The number of amides is 1. The lowest BCUT2D eigenvalue weighted by Gasteiger charge is -2.24. The molecule has 2 aromatic rings. The van der Waals surface area contributed by atoms with Crippen LogP contribution in [0.5, 0.6) is 0 Å². The molecule has 0 saturated carbocycles. The molecule has 0 fully saturated rings. The van der Waals surface area contributed by atoms with Crippen LogP contribution in [0.3, 0.4) is 0 Å². The molecular formula is C15H14ClFN2O. The normalized spacial score (nSPS) is 13.6. The average molecular weight is 293 g/mol. The Morgan fingerprint density at radius 2 is 1.90 bits per heavy atom. The van der Waals surface area contributed by atoms with E-state index in [1.807, 2.05) is 18.2 Å². The quantitative estimate of drug-likeness (QED) is 0.912. The van der Waals surface area contributed by atoms with Gasteiger partial charge in [0.15, 0.2) is 0 Å². The Bertz CT molecular complexity index is 629. The van der Waals surface area contributed by atoms with Crippen LogP contribution in [0.15, 0.2) is 48.5 Å². The van der Waals surface area contributed by atoms with Crippen LogP contribution < -0.4 is 11.1 Å². The van der Waals surface area contributed by atoms with Crippen LogP contribution in [0.1, 0.15) is 12.5 Å². The van der Waals surface area contributed by atoms with Gasteiger partial charge in [-0.25, -0.2) is 4.39 Å². The number of hydrogen-bond acceptors (Lipinski definition) is 2. The Kier molecular flexibility index (Phi) is 4.06. The molecule has 1 unspecified atom stereocenters. The summed E-state index contributed by atoms with van der Waals surface area (Å²) < 4.78 is 13.1. The fourth-order valence-corrected chi connectivity index (χ4v) is 1.93. The fraction of sp³-hybridized carbons (Fsp3) is 0.133. The van der Waals surface area contributed by atoms with Crippen molar-refractivity contribution in [1.82, 2.24) is 0 Å². The third-order valence-corrected chi connectivity index (χ3v) is 3.31. The number of rotatable bonds is 3. The lowest BCUT2D eigenvalue weighted by atomic mass is 9.92. The van der Waals surface area contributed by atoms with Gasteiger partial charge >= 0.3 is 0 Å². The molecule has 0 aromatic heterocycles. The van der Waals surface area contributed by atoms with Crippen molar-refractivity contribution in [2.24, 2.45) is 5.73 Å². The molecule has 3 N–H and O–H groups in total. The van der Waals surface area contributed by atoms with Crippen molar-refractivity contribution in [3.63, 3.8) is 0 Å². The maximum atomic E-state index is 13.1. The third kappa shape index (κ3) is 2.98. The molecule has 0 saturated heterocycles. The third-order valence-electron chi connectivity index (χ3n) is 3.02. The summed E-state index contributed by atoms with van der Waals surface area (Å²) in [6.07, 6.45) is 0. The zero-order valence-corrected chi connectivity index (χ0v) is 11.6. The van der Waals surface area contributed by atoms with Gasteiger partial charge in [0, 0.05) is 5.69 Å². The predicted octanol–water partition coefficient (Wildman–Crippen LogP) is 3.29. The first-order valence-corrected chi connectivity index (χ1v) is 6.40. The highest BCUT2D eigenvalue weighted by Crippen LogP contribution is 2.23. The van der Waals surface area contributed by atoms with Crippen LogP contribution in [0, 0.1) is 5.82 Å². The van der Waals surface area contributed by atoms with E-state index in [0.29, 0.717) is 11.3 Å². The second kappa shape index (κ2) is 5.61. The summed E-state index contributed by atoms with van der Waals surface area (Å²) in [5, 5.41) is 2.58. The molecule has 0 aliphatic carbocycles. The molecule has 0 aliphatic rings. The minimum absolute atomic E-state index is 0.0544. The average Bonchev–Trinajstić information content (AvgIpc) is 2.44. The van der Waals surface area contributed by atoms with Gasteiger partial charge in [0.05, 0.1) is 5.02 Å². The van der Waals surface area contributed by atoms with Gasteiger partial charge in [-0.3, -0.25) is 4.79 Å². The molecule has 104 valence electrons. The highest BCUT2D eigenvalue weighted by Gasteiger charge is 2.30. The second-order valence-electron chi connectivity index (χ2n) is 4.65. The molecule has 0 bridgehead atoms. The van der Waals surface area contributed by atoms with Crippen LogP contribution in [0.2, 0.25) is 5.02 Å². The van der Waals surface area contributed by atoms with Crippen LogP contribution in [-0.2, 0) is 10.3 Å². The number of nitrogens with one attached hydrogen (secondary N) is 1. The number of benzene rings is 2. The van der Waals surface area contributed by atoms with Gasteiger partial charge in [0.2, 0.25) is 5.91 Å². The van der Waals surface area contributed by atoms with Crippen molar-refractivity contribution in [2.45, 2.75) is 12.5 Å². The van der Waals surface area contributed by atoms with Crippen molar-refractivity contribution in [3.8, 4) is 0 Å². The number of nitrogens with two attached hydrogens (primary N) is 1. The van der Waals surface area contributed by atoms with E-state index < -0.39 is 17.3 Å². The highest BCUT2D eigenvalue weighted by atomic mass is 35.5. The highest BCUT2D eigenvalue weighted by molar-refractivity contribution is 6.31. The van der Waals surface area contributed by atoms with Gasteiger partial charge in [-0.15, -0.1) is 0 Å². The number of anilines is 1. The number of carbonyl (C=O) groups excluding carboxylic acids is 1. The van der Waals surface area contributed by atoms with E-state index in [4.69, 9.17) is 17.3 Å². The topological polar surface area (TPSA) is 55.1 Å². The van der Waals surface area contributed by atoms with Crippen molar-refractivity contribution in [1.29, 1.82) is 0 Å². The van der Waals surface area contributed by atoms with Gasteiger partial charge in [-0.2, -0.15) is 0 Å². The zero-order chi connectivity index (χ0) is 14.8. The molecule has 1 amide bonds. The smallest absolute Gasteiger partial charge is 0.248 e. The van der Waals surface area contributed by atoms with Crippen molar-refractivity contribution >= 4 is 23.2 Å². The Labute approximate surface area is 121 Å². The van der Waals surface area contributed by atoms with E-state index in [2.05, 4.69) is 5.32 Å². The Hall–Kier alpha value is -1.91. The largest absolute Gasteiger partial charge is 0.324 e. The standard InChI is InChI=1S/C15H14ClFN2O/c1-15(18,10-5-3-2-4-6-10)14(20)19-11-7-8-13(17)12(16)9-11/h2-9H,18H2,1H3,(H,19,20). The SMILES string of the molecule is CC(N)(C(=O)Nc1ccc(F)c(Cl)c1)c1ccccc1. The van der Waals surface area contributed by atoms with Crippen molar-refractivity contribution < 1.29 is 9.18 Å². The van der Waals surface area contributed by atoms with Gasteiger partial charge in [-0.05, 0) is 30.7 Å². The summed E-state index contributed by atoms with van der Waals surface area (Å²) >= 11 is 5.67. The molecule has 20 heavy (non-hydrogen) atoms. The maximum absolute atomic E-state index is 13.1. The van der Waals surface area contributed by atoms with Crippen LogP contribution in [0.25, 0.3) is 0 Å². The van der Waals surface area contributed by atoms with E-state index in [0.717, 1.165) is 0 Å². The minimum Gasteiger partial charge on any atom is -0.324 e. The Balaban J connectivity index is 2.21. The van der Waals surface area contributed by atoms with E-state index in [-0.39, 0.29) is 5.02 Å². The summed E-state index contributed by atoms with van der Waals surface area (Å²) in [4.78, 5) is 12.3. The fourth-order valence-electron chi connectivity index (χ4n) is 1.75. The summed E-state index contributed by atoms with van der Waals surface area (Å²) in [6, 6.07) is 13.0. The van der Waals surface area contributed by atoms with Crippen LogP contribution in [-0.4, -0.2) is 5.91 Å².